The van der Waals surface area contributed by atoms with Gasteiger partial charge in [-0.1, -0.05) is 102 Å². The third-order valence-electron chi connectivity index (χ3n) is 7.57. The molecular formula is C37H27N. The van der Waals surface area contributed by atoms with Crippen LogP contribution in [-0.2, 0) is 0 Å². The van der Waals surface area contributed by atoms with Crippen molar-refractivity contribution in [1.82, 2.24) is 4.98 Å². The fourth-order valence-corrected chi connectivity index (χ4v) is 5.93. The first kappa shape index (κ1) is 22.4. The zero-order valence-corrected chi connectivity index (χ0v) is 21.6. The van der Waals surface area contributed by atoms with Gasteiger partial charge < -0.3 is 0 Å². The number of hydrogen-bond acceptors (Lipinski definition) is 1. The van der Waals surface area contributed by atoms with Gasteiger partial charge in [0.05, 0.1) is 5.69 Å². The molecule has 6 aromatic rings. The molecule has 0 atom stereocenters. The first-order valence-corrected chi connectivity index (χ1v) is 13.1. The van der Waals surface area contributed by atoms with E-state index in [0.717, 1.165) is 11.3 Å². The Hall–Kier alpha value is -4.75. The third kappa shape index (κ3) is 3.76. The summed E-state index contributed by atoms with van der Waals surface area (Å²) >= 11 is 0. The van der Waals surface area contributed by atoms with Crippen molar-refractivity contribution in [3.05, 3.63) is 139 Å². The van der Waals surface area contributed by atoms with Crippen LogP contribution >= 0.6 is 0 Å². The van der Waals surface area contributed by atoms with Crippen LogP contribution in [0.25, 0.3) is 66.9 Å². The smallest absolute Gasteiger partial charge is 0.0708 e. The predicted octanol–water partition coefficient (Wildman–Crippen LogP) is 10.0. The van der Waals surface area contributed by atoms with E-state index in [1.54, 1.807) is 0 Å². The van der Waals surface area contributed by atoms with Gasteiger partial charge in [0.2, 0.25) is 0 Å². The molecule has 0 spiro atoms. The Labute approximate surface area is 224 Å². The summed E-state index contributed by atoms with van der Waals surface area (Å²) in [5.41, 5.74) is 17.2. The van der Waals surface area contributed by atoms with Crippen molar-refractivity contribution in [3.63, 3.8) is 0 Å². The van der Waals surface area contributed by atoms with E-state index < -0.39 is 0 Å². The monoisotopic (exact) mass is 485 g/mol. The SMILES string of the molecule is Cc1cc(C)cc(-c2cc(-c3ccc4c(c3)-c3ccccc3-c3ccccc3-c3ccccc3-4)ccn2)c1. The average molecular weight is 486 g/mol. The van der Waals surface area contributed by atoms with Crippen LogP contribution in [0.15, 0.2) is 128 Å². The van der Waals surface area contributed by atoms with Crippen LogP contribution in [0.5, 0.6) is 0 Å². The average Bonchev–Trinajstić information content (AvgIpc) is 2.96. The van der Waals surface area contributed by atoms with Crippen LogP contribution in [0.4, 0.5) is 0 Å². The highest BCUT2D eigenvalue weighted by Crippen LogP contribution is 2.48. The molecule has 0 aliphatic heterocycles. The largest absolute Gasteiger partial charge is 0.256 e. The first-order chi connectivity index (χ1) is 18.7. The van der Waals surface area contributed by atoms with Gasteiger partial charge in [-0.05, 0) is 99.8 Å². The van der Waals surface area contributed by atoms with Crippen LogP contribution in [0, 0.1) is 13.8 Å². The molecule has 0 amide bonds. The summed E-state index contributed by atoms with van der Waals surface area (Å²) in [4.78, 5) is 4.72. The summed E-state index contributed by atoms with van der Waals surface area (Å²) in [6.07, 6.45) is 1.93. The molecule has 7 rings (SSSR count). The second-order valence-corrected chi connectivity index (χ2v) is 10.2. The summed E-state index contributed by atoms with van der Waals surface area (Å²) in [5.74, 6) is 0. The van der Waals surface area contributed by atoms with Gasteiger partial charge in [0.15, 0.2) is 0 Å². The number of fused-ring (bicyclic) bond motifs is 8. The zero-order valence-electron chi connectivity index (χ0n) is 21.6. The molecule has 0 fully saturated rings. The van der Waals surface area contributed by atoms with Gasteiger partial charge in [-0.3, -0.25) is 4.98 Å². The van der Waals surface area contributed by atoms with Crippen LogP contribution in [0.3, 0.4) is 0 Å². The van der Waals surface area contributed by atoms with E-state index in [1.165, 1.54) is 66.8 Å². The second kappa shape index (κ2) is 8.97. The molecule has 0 unspecified atom stereocenters. The molecule has 0 radical (unpaired) electrons. The number of hydrogen-bond donors (Lipinski definition) is 0. The van der Waals surface area contributed by atoms with Crippen LogP contribution in [-0.4, -0.2) is 4.98 Å². The lowest BCUT2D eigenvalue weighted by Crippen LogP contribution is -1.97. The molecule has 1 aromatic heterocycles. The minimum absolute atomic E-state index is 1.00. The van der Waals surface area contributed by atoms with Crippen molar-refractivity contribution in [2.24, 2.45) is 0 Å². The maximum atomic E-state index is 4.72. The molecule has 0 saturated carbocycles. The van der Waals surface area contributed by atoms with E-state index in [1.807, 2.05) is 6.20 Å². The van der Waals surface area contributed by atoms with Crippen molar-refractivity contribution >= 4 is 0 Å². The fraction of sp³-hybridized carbons (Fsp3) is 0.0541. The van der Waals surface area contributed by atoms with Crippen LogP contribution in [0.1, 0.15) is 11.1 Å². The Morgan fingerprint density at radius 1 is 0.368 bits per heavy atom. The van der Waals surface area contributed by atoms with Gasteiger partial charge in [-0.15, -0.1) is 0 Å². The second-order valence-electron chi connectivity index (χ2n) is 10.2. The highest BCUT2D eigenvalue weighted by molar-refractivity contribution is 6.03. The lowest BCUT2D eigenvalue weighted by atomic mass is 9.80. The molecule has 0 bridgehead atoms. The zero-order chi connectivity index (χ0) is 25.6. The quantitative estimate of drug-likeness (QED) is 0.237. The van der Waals surface area contributed by atoms with Crippen LogP contribution in [0.2, 0.25) is 0 Å². The summed E-state index contributed by atoms with van der Waals surface area (Å²) in [5, 5.41) is 0. The number of benzene rings is 5. The van der Waals surface area contributed by atoms with E-state index in [4.69, 9.17) is 4.98 Å². The molecule has 5 aromatic carbocycles. The Bertz CT molecular complexity index is 1820. The highest BCUT2D eigenvalue weighted by Gasteiger charge is 2.21. The lowest BCUT2D eigenvalue weighted by Gasteiger charge is -2.23. The standard InChI is InChI=1S/C37H27N/c1-24-19-25(2)21-28(20-24)37-23-27(17-18-38-37)26-15-16-35-33-13-6-5-11-31(33)29-9-3-4-10-30(29)32-12-7-8-14-34(32)36(35)22-26/h3-23H,1-2H3. The molecule has 180 valence electrons. The molecule has 0 saturated heterocycles. The maximum Gasteiger partial charge on any atom is 0.0708 e. The van der Waals surface area contributed by atoms with Crippen LogP contribution < -0.4 is 0 Å². The number of rotatable bonds is 2. The van der Waals surface area contributed by atoms with E-state index in [2.05, 4.69) is 135 Å². The molecule has 1 heterocycles. The number of aryl methyl sites for hydroxylation is 2. The van der Waals surface area contributed by atoms with E-state index in [9.17, 15) is 0 Å². The Kier molecular flexibility index (Phi) is 5.30. The normalized spacial score (nSPS) is 11.4. The van der Waals surface area contributed by atoms with Crippen molar-refractivity contribution in [2.45, 2.75) is 13.8 Å². The topological polar surface area (TPSA) is 12.9 Å². The summed E-state index contributed by atoms with van der Waals surface area (Å²) < 4.78 is 0. The Balaban J connectivity index is 1.46. The van der Waals surface area contributed by atoms with Gasteiger partial charge >= 0.3 is 0 Å². The Morgan fingerprint density at radius 2 is 0.816 bits per heavy atom. The van der Waals surface area contributed by atoms with Crippen molar-refractivity contribution < 1.29 is 0 Å². The van der Waals surface area contributed by atoms with E-state index >= 15 is 0 Å². The van der Waals surface area contributed by atoms with Gasteiger partial charge in [-0.2, -0.15) is 0 Å². The van der Waals surface area contributed by atoms with Gasteiger partial charge in [-0.25, -0.2) is 0 Å². The van der Waals surface area contributed by atoms with Gasteiger partial charge in [0.1, 0.15) is 0 Å². The molecule has 1 heteroatoms. The maximum absolute atomic E-state index is 4.72. The van der Waals surface area contributed by atoms with Gasteiger partial charge in [0, 0.05) is 11.8 Å². The molecule has 1 nitrogen and oxygen atoms in total. The van der Waals surface area contributed by atoms with Crippen molar-refractivity contribution in [1.29, 1.82) is 0 Å². The molecule has 1 aliphatic rings. The first-order valence-electron chi connectivity index (χ1n) is 13.1. The molecule has 1 aliphatic carbocycles. The fourth-order valence-electron chi connectivity index (χ4n) is 5.93. The van der Waals surface area contributed by atoms with E-state index in [0.29, 0.717) is 0 Å². The predicted molar refractivity (Wildman–Crippen MR) is 160 cm³/mol. The number of aromatic nitrogens is 1. The Morgan fingerprint density at radius 3 is 1.34 bits per heavy atom. The van der Waals surface area contributed by atoms with Crippen molar-refractivity contribution in [3.8, 4) is 66.9 Å². The molecule has 38 heavy (non-hydrogen) atoms. The highest BCUT2D eigenvalue weighted by atomic mass is 14.7. The minimum atomic E-state index is 1.00. The lowest BCUT2D eigenvalue weighted by molar-refractivity contribution is 1.30. The van der Waals surface area contributed by atoms with Crippen molar-refractivity contribution in [2.75, 3.05) is 0 Å². The summed E-state index contributed by atoms with van der Waals surface area (Å²) in [6.45, 7) is 4.28. The van der Waals surface area contributed by atoms with E-state index in [-0.39, 0.29) is 0 Å². The summed E-state index contributed by atoms with van der Waals surface area (Å²) in [6, 6.07) is 44.2. The van der Waals surface area contributed by atoms with Gasteiger partial charge in [0.25, 0.3) is 0 Å². The molecular weight excluding hydrogens is 458 g/mol. The number of nitrogens with zero attached hydrogens (tertiary/aromatic N) is 1. The molecule has 0 N–H and O–H groups in total. The summed E-state index contributed by atoms with van der Waals surface area (Å²) in [7, 11) is 0. The minimum Gasteiger partial charge on any atom is -0.256 e. The third-order valence-corrected chi connectivity index (χ3v) is 7.57. The number of pyridine rings is 1.